The number of nitrogens with zero attached hydrogens (tertiary/aromatic N) is 2. The molecule has 0 aliphatic heterocycles. The van der Waals surface area contributed by atoms with Gasteiger partial charge >= 0.3 is 12.0 Å². The molecule has 0 aromatic heterocycles. The fourth-order valence-corrected chi connectivity index (χ4v) is 3.40. The second kappa shape index (κ2) is 13.5. The lowest BCUT2D eigenvalue weighted by Crippen LogP contribution is -2.36. The Morgan fingerprint density at radius 1 is 1.06 bits per heavy atom. The molecule has 0 heterocycles. The van der Waals surface area contributed by atoms with Crippen LogP contribution < -0.4 is 15.5 Å². The van der Waals surface area contributed by atoms with Crippen LogP contribution in [0.1, 0.15) is 52.5 Å². The van der Waals surface area contributed by atoms with Crippen molar-refractivity contribution >= 4 is 29.3 Å². The average molecular weight is 435 g/mol. The van der Waals surface area contributed by atoms with Gasteiger partial charge in [0.1, 0.15) is 6.54 Å². The van der Waals surface area contributed by atoms with Crippen molar-refractivity contribution < 1.29 is 19.1 Å². The van der Waals surface area contributed by atoms with Crippen LogP contribution in [0.2, 0.25) is 0 Å². The van der Waals surface area contributed by atoms with E-state index < -0.39 is 12.0 Å². The van der Waals surface area contributed by atoms with Gasteiger partial charge in [0.25, 0.3) is 0 Å². The first-order valence-corrected chi connectivity index (χ1v) is 11.1. The Hall–Kier alpha value is -2.77. The van der Waals surface area contributed by atoms with Crippen LogP contribution in [0.5, 0.6) is 0 Å². The number of rotatable bonds is 12. The lowest BCUT2D eigenvalue weighted by molar-refractivity contribution is -0.141. The van der Waals surface area contributed by atoms with E-state index in [1.165, 1.54) is 0 Å². The topological polar surface area (TPSA) is 91.0 Å². The van der Waals surface area contributed by atoms with Crippen LogP contribution in [-0.4, -0.2) is 56.6 Å². The van der Waals surface area contributed by atoms with E-state index in [1.54, 1.807) is 13.0 Å². The summed E-state index contributed by atoms with van der Waals surface area (Å²) >= 11 is 0. The third-order valence-electron chi connectivity index (χ3n) is 5.02. The van der Waals surface area contributed by atoms with E-state index >= 15 is 0 Å². The normalized spacial score (nSPS) is 10.5. The fraction of sp³-hybridized carbons (Fsp3) is 0.609. The van der Waals surface area contributed by atoms with Gasteiger partial charge in [-0.05, 0) is 49.9 Å². The SMILES string of the molecule is CCCN(Cc1cc(NC(=O)NCC(=O)OCC)ccc1N(C)C)C(=O)C(CC)CC. The van der Waals surface area contributed by atoms with Crippen LogP contribution in [0, 0.1) is 5.92 Å². The van der Waals surface area contributed by atoms with Crippen LogP contribution >= 0.6 is 0 Å². The van der Waals surface area contributed by atoms with Crippen molar-refractivity contribution in [2.24, 2.45) is 5.92 Å². The zero-order chi connectivity index (χ0) is 23.4. The summed E-state index contributed by atoms with van der Waals surface area (Å²) in [5, 5.41) is 5.23. The molecule has 0 unspecified atom stereocenters. The second-order valence-corrected chi connectivity index (χ2v) is 7.62. The van der Waals surface area contributed by atoms with Gasteiger partial charge in [-0.3, -0.25) is 9.59 Å². The van der Waals surface area contributed by atoms with Crippen LogP contribution in [0.3, 0.4) is 0 Å². The van der Waals surface area contributed by atoms with Gasteiger partial charge in [-0.2, -0.15) is 0 Å². The summed E-state index contributed by atoms with van der Waals surface area (Å²) in [5.74, 6) is -0.303. The van der Waals surface area contributed by atoms with E-state index in [4.69, 9.17) is 4.74 Å². The molecule has 0 saturated carbocycles. The molecule has 174 valence electrons. The van der Waals surface area contributed by atoms with E-state index in [2.05, 4.69) is 17.6 Å². The average Bonchev–Trinajstić information content (AvgIpc) is 2.73. The highest BCUT2D eigenvalue weighted by molar-refractivity contribution is 5.91. The lowest BCUT2D eigenvalue weighted by atomic mass is 10.0. The first kappa shape index (κ1) is 26.3. The first-order valence-electron chi connectivity index (χ1n) is 11.1. The molecule has 1 aromatic carbocycles. The van der Waals surface area contributed by atoms with Gasteiger partial charge in [0.05, 0.1) is 6.61 Å². The first-order chi connectivity index (χ1) is 14.8. The van der Waals surface area contributed by atoms with E-state index in [9.17, 15) is 14.4 Å². The van der Waals surface area contributed by atoms with Crippen molar-refractivity contribution in [3.63, 3.8) is 0 Å². The number of ether oxygens (including phenoxy) is 1. The minimum Gasteiger partial charge on any atom is -0.465 e. The van der Waals surface area contributed by atoms with Crippen LogP contribution in [-0.2, 0) is 20.9 Å². The number of hydrogen-bond donors (Lipinski definition) is 2. The minimum absolute atomic E-state index is 0.0179. The maximum absolute atomic E-state index is 13.0. The molecule has 0 fully saturated rings. The molecule has 2 N–H and O–H groups in total. The number of carbonyl (C=O) groups is 3. The predicted molar refractivity (Wildman–Crippen MR) is 124 cm³/mol. The van der Waals surface area contributed by atoms with Crippen molar-refractivity contribution in [3.05, 3.63) is 23.8 Å². The molecule has 8 nitrogen and oxygen atoms in total. The van der Waals surface area contributed by atoms with Crippen molar-refractivity contribution in [2.75, 3.05) is 44.0 Å². The smallest absolute Gasteiger partial charge is 0.325 e. The molecule has 3 amide bonds. The Morgan fingerprint density at radius 3 is 2.29 bits per heavy atom. The third-order valence-corrected chi connectivity index (χ3v) is 5.02. The molecule has 0 spiro atoms. The molecule has 8 heteroatoms. The summed E-state index contributed by atoms with van der Waals surface area (Å²) in [6.07, 6.45) is 2.51. The Bertz CT molecular complexity index is 732. The summed E-state index contributed by atoms with van der Waals surface area (Å²) in [4.78, 5) is 40.5. The summed E-state index contributed by atoms with van der Waals surface area (Å²) in [7, 11) is 3.90. The van der Waals surface area contributed by atoms with Gasteiger partial charge in [0, 0.05) is 44.5 Å². The molecule has 0 aliphatic carbocycles. The van der Waals surface area contributed by atoms with E-state index in [1.807, 2.05) is 49.9 Å². The largest absolute Gasteiger partial charge is 0.465 e. The van der Waals surface area contributed by atoms with Crippen LogP contribution in [0.15, 0.2) is 18.2 Å². The zero-order valence-corrected chi connectivity index (χ0v) is 19.8. The molecule has 0 bridgehead atoms. The molecule has 31 heavy (non-hydrogen) atoms. The Labute approximate surface area is 186 Å². The lowest BCUT2D eigenvalue weighted by Gasteiger charge is -2.28. The molecule has 0 radical (unpaired) electrons. The van der Waals surface area contributed by atoms with E-state index in [0.29, 0.717) is 18.8 Å². The van der Waals surface area contributed by atoms with Gasteiger partial charge < -0.3 is 25.2 Å². The standard InChI is InChI=1S/C23H38N4O4/c1-7-13-27(22(29)17(8-2)9-3)16-18-14-19(11-12-20(18)26(5)6)25-23(30)24-15-21(28)31-10-4/h11-12,14,17H,7-10,13,15-16H2,1-6H3,(H2,24,25,30). The highest BCUT2D eigenvalue weighted by Gasteiger charge is 2.22. The summed E-state index contributed by atoms with van der Waals surface area (Å²) < 4.78 is 4.81. The summed E-state index contributed by atoms with van der Waals surface area (Å²) in [6.45, 7) is 9.07. The number of amides is 3. The molecule has 0 aliphatic rings. The number of anilines is 2. The summed E-state index contributed by atoms with van der Waals surface area (Å²) in [6, 6.07) is 5.11. The summed E-state index contributed by atoms with van der Waals surface area (Å²) in [5.41, 5.74) is 2.52. The predicted octanol–water partition coefficient (Wildman–Crippen LogP) is 3.61. The maximum Gasteiger partial charge on any atom is 0.325 e. The number of nitrogens with one attached hydrogen (secondary N) is 2. The molecule has 0 saturated heterocycles. The highest BCUT2D eigenvalue weighted by atomic mass is 16.5. The van der Waals surface area contributed by atoms with Gasteiger partial charge in [-0.15, -0.1) is 0 Å². The number of esters is 1. The molecule has 0 atom stereocenters. The number of urea groups is 1. The van der Waals surface area contributed by atoms with Gasteiger partial charge in [-0.1, -0.05) is 20.8 Å². The number of benzene rings is 1. The Balaban J connectivity index is 3.02. The van der Waals surface area contributed by atoms with Crippen molar-refractivity contribution in [2.45, 2.75) is 53.5 Å². The van der Waals surface area contributed by atoms with E-state index in [0.717, 1.165) is 30.5 Å². The Morgan fingerprint density at radius 2 is 1.74 bits per heavy atom. The van der Waals surface area contributed by atoms with Crippen molar-refractivity contribution in [3.8, 4) is 0 Å². The quantitative estimate of drug-likeness (QED) is 0.491. The third kappa shape index (κ3) is 8.47. The van der Waals surface area contributed by atoms with Crippen LogP contribution in [0.25, 0.3) is 0 Å². The zero-order valence-electron chi connectivity index (χ0n) is 19.8. The maximum atomic E-state index is 13.0. The van der Waals surface area contributed by atoms with Gasteiger partial charge in [0.15, 0.2) is 0 Å². The molecule has 1 rings (SSSR count). The molecular formula is C23H38N4O4. The highest BCUT2D eigenvalue weighted by Crippen LogP contribution is 2.26. The minimum atomic E-state index is -0.491. The van der Waals surface area contributed by atoms with Crippen molar-refractivity contribution in [1.82, 2.24) is 10.2 Å². The fourth-order valence-electron chi connectivity index (χ4n) is 3.40. The van der Waals surface area contributed by atoms with Gasteiger partial charge in [0.2, 0.25) is 5.91 Å². The van der Waals surface area contributed by atoms with Crippen LogP contribution in [0.4, 0.5) is 16.2 Å². The number of carbonyl (C=O) groups excluding carboxylic acids is 3. The Kier molecular flexibility index (Phi) is 11.5. The number of hydrogen-bond acceptors (Lipinski definition) is 5. The molecule has 1 aromatic rings. The monoisotopic (exact) mass is 434 g/mol. The molecular weight excluding hydrogens is 396 g/mol. The van der Waals surface area contributed by atoms with Gasteiger partial charge in [-0.25, -0.2) is 4.79 Å². The van der Waals surface area contributed by atoms with Crippen molar-refractivity contribution in [1.29, 1.82) is 0 Å². The van der Waals surface area contributed by atoms with E-state index in [-0.39, 0.29) is 25.0 Å². The second-order valence-electron chi connectivity index (χ2n) is 7.62.